The lowest BCUT2D eigenvalue weighted by Crippen LogP contribution is -2.60. The maximum Gasteiger partial charge on any atom is 0.426 e. The van der Waals surface area contributed by atoms with Crippen LogP contribution in [0.3, 0.4) is 0 Å². The molecular formula is C52H70B3ClN12O7. The Labute approximate surface area is 444 Å². The number of nitrogens with zero attached hydrogens (tertiary/aromatic N) is 12. The second kappa shape index (κ2) is 18.9. The molecule has 4 aromatic heterocycles. The fourth-order valence-electron chi connectivity index (χ4n) is 13.7. The average molecular weight is 1040 g/mol. The molecule has 6 aromatic rings. The van der Waals surface area contributed by atoms with Crippen molar-refractivity contribution in [3.63, 3.8) is 0 Å². The highest BCUT2D eigenvalue weighted by molar-refractivity contribution is 6.72. The van der Waals surface area contributed by atoms with Gasteiger partial charge in [-0.2, -0.15) is 20.4 Å². The lowest BCUT2D eigenvalue weighted by atomic mass is 9.50. The number of fused-ring (bicyclic) bond motifs is 2. The van der Waals surface area contributed by atoms with E-state index in [0.29, 0.717) is 32.0 Å². The third-order valence-corrected chi connectivity index (χ3v) is 19.0. The number of piperazine rings is 2. The average Bonchev–Trinajstić information content (AvgIpc) is 4.21. The first-order chi connectivity index (χ1) is 36.1. The Morgan fingerprint density at radius 3 is 1.37 bits per heavy atom. The first kappa shape index (κ1) is 50.1. The molecule has 0 radical (unpaired) electrons. The largest absolute Gasteiger partial charge is 0.453 e. The van der Waals surface area contributed by atoms with Crippen LogP contribution in [0.1, 0.15) is 57.9 Å². The summed E-state index contributed by atoms with van der Waals surface area (Å²) in [6, 6.07) is 8.72. The van der Waals surface area contributed by atoms with Gasteiger partial charge >= 0.3 is 21.4 Å². The van der Waals surface area contributed by atoms with Crippen molar-refractivity contribution in [1.82, 2.24) is 48.9 Å². The quantitative estimate of drug-likeness (QED) is 0.187. The van der Waals surface area contributed by atoms with E-state index in [4.69, 9.17) is 45.0 Å². The smallest absolute Gasteiger partial charge is 0.426 e. The second-order valence-corrected chi connectivity index (χ2v) is 24.1. The zero-order chi connectivity index (χ0) is 51.6. The highest BCUT2D eigenvalue weighted by Crippen LogP contribution is 2.63. The Hall–Kier alpha value is -4.48. The van der Waals surface area contributed by atoms with E-state index in [1.807, 2.05) is 60.7 Å². The van der Waals surface area contributed by atoms with Crippen LogP contribution >= 0.6 is 11.6 Å². The third kappa shape index (κ3) is 8.64. The molecule has 4 atom stereocenters. The molecule has 23 heteroatoms. The van der Waals surface area contributed by atoms with Gasteiger partial charge in [-0.1, -0.05) is 11.6 Å². The molecular weight excluding hydrogens is 973 g/mol. The monoisotopic (exact) mass is 1040 g/mol. The first-order valence-corrected chi connectivity index (χ1v) is 27.7. The predicted octanol–water partition coefficient (Wildman–Crippen LogP) is 5.37. The number of hydrogen-bond acceptors (Lipinski definition) is 15. The van der Waals surface area contributed by atoms with Crippen LogP contribution in [0.2, 0.25) is 25.5 Å². The SMILES string of the molecule is CB1OB(C)OB(C)O1.C[C@@]1(N2CCN(c3cc4c(cnn4-c4cnn(C56CC(C5)C6)c4)cc3Cl)CC2)COC[C@@H]1O.Cc1cc2cnn(-c3cnn(C45CC(C4)C5)c3)c2cc1N1CCN([C@]2(C)COC[C@@H]2O)CC1. The van der Waals surface area contributed by atoms with Gasteiger partial charge in [-0.15, -0.1) is 0 Å². The van der Waals surface area contributed by atoms with E-state index in [1.54, 1.807) is 0 Å². The topological polar surface area (TPSA) is 171 Å². The Morgan fingerprint density at radius 1 is 0.560 bits per heavy atom. The summed E-state index contributed by atoms with van der Waals surface area (Å²) in [6.07, 6.45) is 18.8. The maximum absolute atomic E-state index is 10.4. The van der Waals surface area contributed by atoms with E-state index < -0.39 is 12.2 Å². The molecule has 11 aliphatic rings. The summed E-state index contributed by atoms with van der Waals surface area (Å²) in [6.45, 7) is 21.2. The van der Waals surface area contributed by atoms with Crippen LogP contribution in [0.5, 0.6) is 0 Å². The van der Waals surface area contributed by atoms with E-state index in [0.717, 1.165) is 108 Å². The number of benzene rings is 2. The van der Waals surface area contributed by atoms with E-state index >= 15 is 0 Å². The zero-order valence-corrected chi connectivity index (χ0v) is 45.0. The predicted molar refractivity (Wildman–Crippen MR) is 290 cm³/mol. The van der Waals surface area contributed by atoms with E-state index in [2.05, 4.69) is 90.5 Å². The fraction of sp³-hybridized carbons (Fsp3) is 0.615. The number of anilines is 2. The molecule has 2 aromatic carbocycles. The van der Waals surface area contributed by atoms with Gasteiger partial charge in [-0.25, -0.2) is 9.36 Å². The molecule has 0 amide bonds. The fourth-order valence-corrected chi connectivity index (χ4v) is 14.0. The second-order valence-electron chi connectivity index (χ2n) is 23.7. The van der Waals surface area contributed by atoms with Crippen molar-refractivity contribution in [3.8, 4) is 11.4 Å². The molecule has 11 fully saturated rings. The van der Waals surface area contributed by atoms with Gasteiger partial charge in [-0.05, 0) is 121 Å². The normalized spacial score (nSPS) is 32.4. The number of hydrogen-bond donors (Lipinski definition) is 2. The molecule has 17 rings (SSSR count). The number of aliphatic hydroxyl groups is 2. The minimum absolute atomic E-state index is 0.135. The Bertz CT molecular complexity index is 2840. The number of aromatic nitrogens is 8. The molecule has 396 valence electrons. The summed E-state index contributed by atoms with van der Waals surface area (Å²) in [5, 5.41) is 42.6. The number of aryl methyl sites for hydroxylation is 1. The number of rotatable bonds is 8. The molecule has 6 aliphatic carbocycles. The molecule has 5 aliphatic heterocycles. The molecule has 19 nitrogen and oxygen atoms in total. The van der Waals surface area contributed by atoms with E-state index in [1.165, 1.54) is 49.8 Å². The van der Waals surface area contributed by atoms with E-state index in [-0.39, 0.29) is 38.0 Å². The van der Waals surface area contributed by atoms with Crippen LogP contribution in [-0.4, -0.2) is 183 Å². The van der Waals surface area contributed by atoms with Crippen molar-refractivity contribution >= 4 is 66.1 Å². The number of halogens is 1. The van der Waals surface area contributed by atoms with Crippen LogP contribution in [0.4, 0.5) is 11.4 Å². The Balaban J connectivity index is 0.000000124. The van der Waals surface area contributed by atoms with Gasteiger partial charge in [0.05, 0.1) is 120 Å². The first-order valence-electron chi connectivity index (χ1n) is 27.3. The highest BCUT2D eigenvalue weighted by Gasteiger charge is 2.59. The van der Waals surface area contributed by atoms with Crippen LogP contribution in [-0.2, 0) is 34.3 Å². The number of aliphatic hydroxyl groups excluding tert-OH is 2. The Morgan fingerprint density at radius 2 is 0.973 bits per heavy atom. The Kier molecular flexibility index (Phi) is 12.6. The van der Waals surface area contributed by atoms with Crippen LogP contribution in [0.15, 0.2) is 61.4 Å². The van der Waals surface area contributed by atoms with Gasteiger partial charge in [0.1, 0.15) is 11.4 Å². The molecule has 75 heavy (non-hydrogen) atoms. The molecule has 0 unspecified atom stereocenters. The van der Waals surface area contributed by atoms with Gasteiger partial charge < -0.3 is 43.2 Å². The molecule has 9 heterocycles. The van der Waals surface area contributed by atoms with Gasteiger partial charge in [0.2, 0.25) is 0 Å². The highest BCUT2D eigenvalue weighted by atomic mass is 35.5. The third-order valence-electron chi connectivity index (χ3n) is 18.7. The van der Waals surface area contributed by atoms with Gasteiger partial charge in [-0.3, -0.25) is 19.2 Å². The van der Waals surface area contributed by atoms with Crippen molar-refractivity contribution in [2.75, 3.05) is 88.6 Å². The minimum atomic E-state index is -0.440. The van der Waals surface area contributed by atoms with Crippen LogP contribution in [0.25, 0.3) is 33.2 Å². The van der Waals surface area contributed by atoms with Crippen molar-refractivity contribution in [2.24, 2.45) is 11.8 Å². The molecule has 0 spiro atoms. The maximum atomic E-state index is 10.4. The summed E-state index contributed by atoms with van der Waals surface area (Å²) >= 11 is 6.73. The van der Waals surface area contributed by atoms with E-state index in [9.17, 15) is 10.2 Å². The lowest BCUT2D eigenvalue weighted by molar-refractivity contribution is -0.0978. The van der Waals surface area contributed by atoms with Crippen molar-refractivity contribution in [1.29, 1.82) is 0 Å². The standard InChI is InChI=1S/C25H32N6O2.C24H29ClN6O2.C3H9B3O3/c1-17-7-19-12-27-31(20-13-26-30(14-20)25-9-18(10-25)11-25)22(19)8-21(17)28-3-5-29(6-4-28)24(2)16-33-15-23(24)32;1-23(15-33-14-22(23)32)29-4-2-28(3-5-29)21-7-20-17(6-19(21)25)11-27-31(20)18-12-26-30(13-18)24-8-16(9-24)10-24;1-4-7-5(2)9-6(3)8-4/h7-8,12-14,18,23,32H,3-6,9-11,15-16H2,1-2H3;6-7,11-13,16,22,32H,2-5,8-10,14-15H2,1H3;1-3H3/t18?,23-,24+,25?;16?,22-,23+,24?;/m00./s1. The van der Waals surface area contributed by atoms with Gasteiger partial charge in [0.25, 0.3) is 0 Å². The van der Waals surface area contributed by atoms with Crippen molar-refractivity contribution in [2.45, 2.75) is 114 Å². The van der Waals surface area contributed by atoms with Crippen molar-refractivity contribution < 1.29 is 33.4 Å². The molecule has 5 saturated heterocycles. The van der Waals surface area contributed by atoms with Gasteiger partial charge in [0.15, 0.2) is 0 Å². The molecule has 2 N–H and O–H groups in total. The minimum Gasteiger partial charge on any atom is -0.453 e. The lowest BCUT2D eigenvalue weighted by Gasteiger charge is -2.61. The van der Waals surface area contributed by atoms with Gasteiger partial charge in [0, 0.05) is 68.8 Å². The summed E-state index contributed by atoms with van der Waals surface area (Å²) in [5.74, 6) is 1.85. The number of ether oxygens (including phenoxy) is 2. The summed E-state index contributed by atoms with van der Waals surface area (Å²) in [5.41, 5.74) is 7.76. The van der Waals surface area contributed by atoms with Crippen molar-refractivity contribution in [3.05, 3.63) is 72.0 Å². The van der Waals surface area contributed by atoms with Crippen LogP contribution < -0.4 is 9.80 Å². The summed E-state index contributed by atoms with van der Waals surface area (Å²) in [4.78, 5) is 9.57. The molecule has 6 saturated carbocycles. The van der Waals surface area contributed by atoms with Crippen LogP contribution in [0, 0.1) is 18.8 Å². The summed E-state index contributed by atoms with van der Waals surface area (Å²) < 4.78 is 34.8. The molecule has 4 bridgehead atoms. The summed E-state index contributed by atoms with van der Waals surface area (Å²) in [7, 11) is -0.406. The zero-order valence-electron chi connectivity index (χ0n) is 44.2.